The molecule has 3 aliphatic rings. The van der Waals surface area contributed by atoms with Crippen molar-refractivity contribution in [2.75, 3.05) is 26.2 Å². The van der Waals surface area contributed by atoms with Crippen LogP contribution in [0, 0.1) is 5.41 Å². The Morgan fingerprint density at radius 1 is 0.848 bits per heavy atom. The largest absolute Gasteiger partial charge is 0.472 e. The topological polar surface area (TPSA) is 57.0 Å². The van der Waals surface area contributed by atoms with E-state index in [1.807, 2.05) is 35.2 Å². The highest BCUT2D eigenvalue weighted by molar-refractivity contribution is 5.95. The monoisotopic (exact) mass is 645 g/mol. The number of piperidine rings is 2. The van der Waals surface area contributed by atoms with E-state index in [-0.39, 0.29) is 30.0 Å². The summed E-state index contributed by atoms with van der Waals surface area (Å²) in [6.07, 6.45) is 0.0504. The van der Waals surface area contributed by atoms with Crippen molar-refractivity contribution in [3.05, 3.63) is 107 Å². The molecule has 0 radical (unpaired) electrons. The molecule has 12 heteroatoms. The molecule has 2 atom stereocenters. The summed E-state index contributed by atoms with van der Waals surface area (Å²) in [5.41, 5.74) is -2.33. The number of nitrogens with zero attached hydrogens (tertiary/aromatic N) is 3. The third-order valence-electron chi connectivity index (χ3n) is 9.50. The van der Waals surface area contributed by atoms with Crippen molar-refractivity contribution in [2.45, 2.75) is 56.5 Å². The summed E-state index contributed by atoms with van der Waals surface area (Å²) in [6, 6.07) is 11.6. The second-order valence-electron chi connectivity index (χ2n) is 12.5. The van der Waals surface area contributed by atoms with Gasteiger partial charge in [-0.2, -0.15) is 26.3 Å². The minimum Gasteiger partial charge on any atom is -0.472 e. The van der Waals surface area contributed by atoms with Crippen LogP contribution in [-0.2, 0) is 18.8 Å². The number of halogens is 6. The second kappa shape index (κ2) is 12.2. The summed E-state index contributed by atoms with van der Waals surface area (Å²) >= 11 is 0. The summed E-state index contributed by atoms with van der Waals surface area (Å²) in [7, 11) is 0. The highest BCUT2D eigenvalue weighted by atomic mass is 19.4. The van der Waals surface area contributed by atoms with Gasteiger partial charge in [0.15, 0.2) is 0 Å². The van der Waals surface area contributed by atoms with E-state index in [0.29, 0.717) is 50.0 Å². The van der Waals surface area contributed by atoms with Gasteiger partial charge in [-0.3, -0.25) is 9.59 Å². The number of hydrogen-bond donors (Lipinski definition) is 0. The van der Waals surface area contributed by atoms with Gasteiger partial charge in [-0.05, 0) is 68.1 Å². The summed E-state index contributed by atoms with van der Waals surface area (Å²) in [5, 5.41) is 0. The maximum atomic E-state index is 13.7. The number of likely N-dealkylation sites (tertiary alicyclic amines) is 2. The molecule has 2 fully saturated rings. The Bertz CT molecular complexity index is 1550. The summed E-state index contributed by atoms with van der Waals surface area (Å²) < 4.78 is 86.5. The van der Waals surface area contributed by atoms with Gasteiger partial charge in [0.2, 0.25) is 0 Å². The molecule has 0 saturated carbocycles. The molecule has 46 heavy (non-hydrogen) atoms. The highest BCUT2D eigenvalue weighted by Crippen LogP contribution is 2.41. The molecule has 6 nitrogen and oxygen atoms in total. The Morgan fingerprint density at radius 2 is 1.52 bits per heavy atom. The number of alkyl halides is 6. The molecule has 0 aliphatic carbocycles. The number of rotatable bonds is 5. The summed E-state index contributed by atoms with van der Waals surface area (Å²) in [6.45, 7) is 2.12. The molecule has 1 spiro atoms. The molecule has 6 rings (SSSR count). The van der Waals surface area contributed by atoms with E-state index < -0.39 is 41.0 Å². The number of hydrogen-bond acceptors (Lipinski definition) is 4. The highest BCUT2D eigenvalue weighted by Gasteiger charge is 2.43. The molecule has 0 unspecified atom stereocenters. The lowest BCUT2D eigenvalue weighted by atomic mass is 9.79. The molecule has 0 bridgehead atoms. The lowest BCUT2D eigenvalue weighted by Crippen LogP contribution is -2.52. The van der Waals surface area contributed by atoms with Crippen LogP contribution in [0.3, 0.4) is 0 Å². The van der Waals surface area contributed by atoms with E-state index in [9.17, 15) is 35.9 Å². The standard InChI is InChI=1S/C34H33F6N3O3/c35-33(36,37)26-17-25(18-27(19-26)34(38,39)40)31(45)43-11-6-28(20-29(43)16-23-4-2-1-3-5-23)42-14-10-32(22-42)8-12-41(13-9-32)30(44)24-7-15-46-21-24/h1-5,7,10,14-15,17-19,21,28-29H,6,8-9,11-13,16,20,22H2/t28-,29+/m0/s1. The molecule has 4 heterocycles. The SMILES string of the molecule is O=C(c1ccoc1)N1CCC2(C=CN([C@H]3CCN(C(=O)c4cc(C(F)(F)F)cc(C(F)(F)F)c4)[C@H](Cc4ccccc4)C3)C2)CC1. The molecule has 1 aromatic heterocycles. The first-order valence-electron chi connectivity index (χ1n) is 15.2. The Morgan fingerprint density at radius 3 is 2.13 bits per heavy atom. The van der Waals surface area contributed by atoms with Gasteiger partial charge in [0, 0.05) is 49.2 Å². The first-order chi connectivity index (χ1) is 21.8. The van der Waals surface area contributed by atoms with Crippen molar-refractivity contribution in [3.8, 4) is 0 Å². The van der Waals surface area contributed by atoms with Gasteiger partial charge in [-0.25, -0.2) is 0 Å². The first kappa shape index (κ1) is 31.7. The van der Waals surface area contributed by atoms with Crippen molar-refractivity contribution in [1.82, 2.24) is 14.7 Å². The number of benzene rings is 2. The van der Waals surface area contributed by atoms with Crippen LogP contribution < -0.4 is 0 Å². The number of carbonyl (C=O) groups is 2. The maximum absolute atomic E-state index is 13.7. The van der Waals surface area contributed by atoms with E-state index in [1.54, 1.807) is 6.07 Å². The molecule has 244 valence electrons. The number of carbonyl (C=O) groups excluding carboxylic acids is 2. The minimum atomic E-state index is -5.05. The van der Waals surface area contributed by atoms with E-state index in [4.69, 9.17) is 4.42 Å². The Labute approximate surface area is 262 Å². The average molecular weight is 646 g/mol. The van der Waals surface area contributed by atoms with Crippen LogP contribution in [0.15, 0.2) is 83.8 Å². The van der Waals surface area contributed by atoms with Gasteiger partial charge in [-0.15, -0.1) is 0 Å². The normalized spacial score (nSPS) is 21.7. The van der Waals surface area contributed by atoms with Crippen molar-refractivity contribution >= 4 is 11.8 Å². The third kappa shape index (κ3) is 6.66. The zero-order valence-electron chi connectivity index (χ0n) is 24.9. The Balaban J connectivity index is 1.19. The van der Waals surface area contributed by atoms with E-state index in [1.165, 1.54) is 17.4 Å². The van der Waals surface area contributed by atoms with Crippen molar-refractivity contribution in [3.63, 3.8) is 0 Å². The molecular formula is C34H33F6N3O3. The van der Waals surface area contributed by atoms with Gasteiger partial charge in [0.05, 0.1) is 23.0 Å². The van der Waals surface area contributed by atoms with E-state index in [2.05, 4.69) is 17.2 Å². The van der Waals surface area contributed by atoms with Gasteiger partial charge < -0.3 is 19.1 Å². The van der Waals surface area contributed by atoms with Gasteiger partial charge >= 0.3 is 12.4 Å². The fourth-order valence-corrected chi connectivity index (χ4v) is 6.94. The van der Waals surface area contributed by atoms with Crippen LogP contribution in [0.5, 0.6) is 0 Å². The Kier molecular flexibility index (Phi) is 8.41. The molecule has 3 aliphatic heterocycles. The van der Waals surface area contributed by atoms with E-state index in [0.717, 1.165) is 24.9 Å². The minimum absolute atomic E-state index is 0.0197. The number of furan rings is 1. The Hall–Kier alpha value is -4.22. The van der Waals surface area contributed by atoms with Gasteiger partial charge in [-0.1, -0.05) is 36.4 Å². The van der Waals surface area contributed by atoms with Crippen molar-refractivity contribution in [2.24, 2.45) is 5.41 Å². The third-order valence-corrected chi connectivity index (χ3v) is 9.50. The smallest absolute Gasteiger partial charge is 0.416 e. The summed E-state index contributed by atoms with van der Waals surface area (Å²) in [5.74, 6) is -0.912. The average Bonchev–Trinajstić information content (AvgIpc) is 3.72. The van der Waals surface area contributed by atoms with Crippen LogP contribution in [0.2, 0.25) is 0 Å². The van der Waals surface area contributed by atoms with Crippen molar-refractivity contribution < 1.29 is 40.3 Å². The zero-order valence-corrected chi connectivity index (χ0v) is 24.9. The fraction of sp³-hybridized carbons (Fsp3) is 0.412. The summed E-state index contributed by atoms with van der Waals surface area (Å²) in [4.78, 5) is 32.0. The second-order valence-corrected chi connectivity index (χ2v) is 12.5. The first-order valence-corrected chi connectivity index (χ1v) is 15.2. The van der Waals surface area contributed by atoms with Crippen LogP contribution in [-0.4, -0.2) is 64.8 Å². The van der Waals surface area contributed by atoms with Gasteiger partial charge in [0.25, 0.3) is 11.8 Å². The number of amides is 2. The quantitative estimate of drug-likeness (QED) is 0.274. The molecule has 2 aromatic carbocycles. The maximum Gasteiger partial charge on any atom is 0.416 e. The van der Waals surface area contributed by atoms with Gasteiger partial charge in [0.1, 0.15) is 6.26 Å². The van der Waals surface area contributed by atoms with Crippen LogP contribution in [0.1, 0.15) is 63.1 Å². The molecule has 2 saturated heterocycles. The molecule has 3 aromatic rings. The lowest BCUT2D eigenvalue weighted by molar-refractivity contribution is -0.143. The van der Waals surface area contributed by atoms with E-state index >= 15 is 0 Å². The fourth-order valence-electron chi connectivity index (χ4n) is 6.94. The van der Waals surface area contributed by atoms with Crippen LogP contribution >= 0.6 is 0 Å². The predicted octanol–water partition coefficient (Wildman–Crippen LogP) is 7.29. The molecular weight excluding hydrogens is 612 g/mol. The zero-order chi connectivity index (χ0) is 32.7. The predicted molar refractivity (Wildman–Crippen MR) is 157 cm³/mol. The van der Waals surface area contributed by atoms with Crippen LogP contribution in [0.25, 0.3) is 0 Å². The van der Waals surface area contributed by atoms with Crippen LogP contribution in [0.4, 0.5) is 26.3 Å². The lowest BCUT2D eigenvalue weighted by Gasteiger charge is -2.45. The molecule has 0 N–H and O–H groups in total. The molecule has 2 amide bonds. The van der Waals surface area contributed by atoms with Crippen molar-refractivity contribution in [1.29, 1.82) is 0 Å².